The van der Waals surface area contributed by atoms with Crippen LogP contribution in [0.4, 0.5) is 5.69 Å². The second kappa shape index (κ2) is 7.25. The number of ether oxygens (including phenoxy) is 1. The molecule has 6 nitrogen and oxygen atoms in total. The highest BCUT2D eigenvalue weighted by Gasteiger charge is 2.30. The number of carbonyl (C=O) groups excluding carboxylic acids is 3. The molecule has 0 spiro atoms. The summed E-state index contributed by atoms with van der Waals surface area (Å²) in [6.07, 6.45) is 2.33. The van der Waals surface area contributed by atoms with Crippen molar-refractivity contribution < 1.29 is 19.1 Å². The summed E-state index contributed by atoms with van der Waals surface area (Å²) in [5.74, 6) is -0.490. The van der Waals surface area contributed by atoms with Crippen molar-refractivity contribution in [2.24, 2.45) is 5.92 Å². The summed E-state index contributed by atoms with van der Waals surface area (Å²) in [7, 11) is 0. The van der Waals surface area contributed by atoms with E-state index in [1.165, 1.54) is 0 Å². The summed E-state index contributed by atoms with van der Waals surface area (Å²) in [5, 5.41) is 0. The number of amides is 2. The molecule has 0 radical (unpaired) electrons. The molecule has 25 heavy (non-hydrogen) atoms. The van der Waals surface area contributed by atoms with Crippen LogP contribution in [0.1, 0.15) is 42.6 Å². The Hall–Kier alpha value is -2.37. The lowest BCUT2D eigenvalue weighted by Crippen LogP contribution is -2.42. The minimum absolute atomic E-state index is 0.0196. The normalized spacial score (nSPS) is 19.5. The number of piperidine rings is 1. The lowest BCUT2D eigenvalue weighted by atomic mass is 9.97. The molecule has 2 aliphatic heterocycles. The summed E-state index contributed by atoms with van der Waals surface area (Å²) < 4.78 is 5.10. The number of anilines is 1. The molecule has 0 saturated carbocycles. The number of esters is 1. The van der Waals surface area contributed by atoms with Crippen LogP contribution in [0.5, 0.6) is 0 Å². The van der Waals surface area contributed by atoms with Crippen molar-refractivity contribution in [2.45, 2.75) is 33.1 Å². The molecule has 0 aliphatic carbocycles. The Bertz CT molecular complexity index is 701. The van der Waals surface area contributed by atoms with Gasteiger partial charge in [0, 0.05) is 37.8 Å². The van der Waals surface area contributed by atoms with Crippen molar-refractivity contribution in [3.05, 3.63) is 29.3 Å². The molecule has 0 aromatic heterocycles. The fourth-order valence-corrected chi connectivity index (χ4v) is 3.66. The van der Waals surface area contributed by atoms with Crippen LogP contribution in [0.2, 0.25) is 0 Å². The molecule has 1 atom stereocenters. The van der Waals surface area contributed by atoms with E-state index in [-0.39, 0.29) is 23.7 Å². The highest BCUT2D eigenvalue weighted by Crippen LogP contribution is 2.30. The van der Waals surface area contributed by atoms with Gasteiger partial charge in [0.15, 0.2) is 0 Å². The molecule has 1 fully saturated rings. The van der Waals surface area contributed by atoms with Crippen molar-refractivity contribution in [1.82, 2.24) is 4.90 Å². The van der Waals surface area contributed by atoms with Gasteiger partial charge < -0.3 is 14.5 Å². The van der Waals surface area contributed by atoms with Crippen LogP contribution in [-0.2, 0) is 20.7 Å². The number of rotatable bonds is 3. The van der Waals surface area contributed by atoms with E-state index < -0.39 is 0 Å². The smallest absolute Gasteiger partial charge is 0.310 e. The van der Waals surface area contributed by atoms with Gasteiger partial charge in [0.2, 0.25) is 5.91 Å². The fourth-order valence-electron chi connectivity index (χ4n) is 3.66. The maximum Gasteiger partial charge on any atom is 0.310 e. The minimum Gasteiger partial charge on any atom is -0.466 e. The number of fused-ring (bicyclic) bond motifs is 1. The summed E-state index contributed by atoms with van der Waals surface area (Å²) in [6.45, 7) is 5.44. The largest absolute Gasteiger partial charge is 0.466 e. The first-order valence-corrected chi connectivity index (χ1v) is 8.88. The first-order chi connectivity index (χ1) is 12.0. The third kappa shape index (κ3) is 3.52. The van der Waals surface area contributed by atoms with E-state index in [1.54, 1.807) is 29.7 Å². The summed E-state index contributed by atoms with van der Waals surface area (Å²) >= 11 is 0. The van der Waals surface area contributed by atoms with E-state index in [0.717, 1.165) is 30.5 Å². The zero-order valence-corrected chi connectivity index (χ0v) is 14.8. The second-order valence-corrected chi connectivity index (χ2v) is 6.61. The van der Waals surface area contributed by atoms with E-state index in [4.69, 9.17) is 4.74 Å². The van der Waals surface area contributed by atoms with Gasteiger partial charge in [0.25, 0.3) is 5.91 Å². The minimum atomic E-state index is -0.236. The molecule has 2 aliphatic rings. The van der Waals surface area contributed by atoms with Crippen LogP contribution in [0, 0.1) is 5.92 Å². The fraction of sp³-hybridized carbons (Fsp3) is 0.526. The number of nitrogens with zero attached hydrogens (tertiary/aromatic N) is 2. The summed E-state index contributed by atoms with van der Waals surface area (Å²) in [4.78, 5) is 39.9. The molecule has 3 rings (SSSR count). The molecule has 6 heteroatoms. The van der Waals surface area contributed by atoms with E-state index >= 15 is 0 Å². The molecule has 2 amide bonds. The summed E-state index contributed by atoms with van der Waals surface area (Å²) in [5.41, 5.74) is 2.54. The van der Waals surface area contributed by atoms with Crippen molar-refractivity contribution in [1.29, 1.82) is 0 Å². The van der Waals surface area contributed by atoms with Crippen LogP contribution < -0.4 is 4.90 Å². The number of hydrogen-bond donors (Lipinski definition) is 0. The Kier molecular flexibility index (Phi) is 5.06. The van der Waals surface area contributed by atoms with Crippen molar-refractivity contribution >= 4 is 23.5 Å². The number of hydrogen-bond acceptors (Lipinski definition) is 4. The van der Waals surface area contributed by atoms with E-state index in [2.05, 4.69) is 0 Å². The monoisotopic (exact) mass is 344 g/mol. The van der Waals surface area contributed by atoms with Crippen LogP contribution >= 0.6 is 0 Å². The highest BCUT2D eigenvalue weighted by atomic mass is 16.5. The Morgan fingerprint density at radius 3 is 2.76 bits per heavy atom. The van der Waals surface area contributed by atoms with Gasteiger partial charge in [-0.3, -0.25) is 14.4 Å². The van der Waals surface area contributed by atoms with Gasteiger partial charge in [-0.1, -0.05) is 0 Å². The van der Waals surface area contributed by atoms with Gasteiger partial charge in [-0.25, -0.2) is 0 Å². The molecule has 1 saturated heterocycles. The molecule has 1 aromatic carbocycles. The van der Waals surface area contributed by atoms with Crippen LogP contribution in [-0.4, -0.2) is 48.9 Å². The number of benzene rings is 1. The molecule has 0 bridgehead atoms. The topological polar surface area (TPSA) is 66.9 Å². The van der Waals surface area contributed by atoms with Crippen LogP contribution in [0.3, 0.4) is 0 Å². The molecule has 2 heterocycles. The molecular formula is C19H24N2O4. The Morgan fingerprint density at radius 1 is 1.24 bits per heavy atom. The predicted octanol–water partition coefficient (Wildman–Crippen LogP) is 2.01. The highest BCUT2D eigenvalue weighted by molar-refractivity contribution is 5.98. The first kappa shape index (κ1) is 17.5. The quantitative estimate of drug-likeness (QED) is 0.787. The predicted molar refractivity (Wildman–Crippen MR) is 93.4 cm³/mol. The Balaban J connectivity index is 1.73. The van der Waals surface area contributed by atoms with Crippen molar-refractivity contribution in [3.63, 3.8) is 0 Å². The van der Waals surface area contributed by atoms with Crippen molar-refractivity contribution in [3.8, 4) is 0 Å². The molecule has 0 N–H and O–H groups in total. The number of likely N-dealkylation sites (tertiary alicyclic amines) is 1. The van der Waals surface area contributed by atoms with Crippen molar-refractivity contribution in [2.75, 3.05) is 31.1 Å². The SMILES string of the molecule is CCOC(=O)[C@@H]1CCCN(C(=O)c2ccc3c(c2)CCN3C(C)=O)C1. The van der Waals surface area contributed by atoms with Gasteiger partial charge in [-0.2, -0.15) is 0 Å². The number of carbonyl (C=O) groups is 3. The molecular weight excluding hydrogens is 320 g/mol. The van der Waals surface area contributed by atoms with Gasteiger partial charge in [0.1, 0.15) is 0 Å². The third-order valence-corrected chi connectivity index (χ3v) is 4.93. The van der Waals surface area contributed by atoms with Gasteiger partial charge in [-0.05, 0) is 49.9 Å². The molecule has 0 unspecified atom stereocenters. The Labute approximate surface area is 147 Å². The maximum absolute atomic E-state index is 12.8. The van der Waals surface area contributed by atoms with E-state index in [0.29, 0.717) is 31.8 Å². The lowest BCUT2D eigenvalue weighted by molar-refractivity contribution is -0.149. The van der Waals surface area contributed by atoms with Gasteiger partial charge >= 0.3 is 5.97 Å². The third-order valence-electron chi connectivity index (χ3n) is 4.93. The summed E-state index contributed by atoms with van der Waals surface area (Å²) in [6, 6.07) is 5.51. The molecule has 134 valence electrons. The van der Waals surface area contributed by atoms with E-state index in [9.17, 15) is 14.4 Å². The zero-order valence-electron chi connectivity index (χ0n) is 14.8. The zero-order chi connectivity index (χ0) is 18.0. The Morgan fingerprint density at radius 2 is 2.04 bits per heavy atom. The van der Waals surface area contributed by atoms with Gasteiger partial charge in [-0.15, -0.1) is 0 Å². The standard InChI is InChI=1S/C19H24N2O4/c1-3-25-19(24)16-5-4-9-20(12-16)18(23)15-6-7-17-14(11-15)8-10-21(17)13(2)22/h6-7,11,16H,3-5,8-10,12H2,1-2H3/t16-/m1/s1. The van der Waals surface area contributed by atoms with Gasteiger partial charge in [0.05, 0.1) is 12.5 Å². The van der Waals surface area contributed by atoms with Crippen LogP contribution in [0.15, 0.2) is 18.2 Å². The second-order valence-electron chi connectivity index (χ2n) is 6.61. The first-order valence-electron chi connectivity index (χ1n) is 8.88. The average Bonchev–Trinajstić information content (AvgIpc) is 3.04. The molecule has 1 aromatic rings. The lowest BCUT2D eigenvalue weighted by Gasteiger charge is -2.31. The average molecular weight is 344 g/mol. The van der Waals surface area contributed by atoms with E-state index in [1.807, 2.05) is 12.1 Å². The van der Waals surface area contributed by atoms with Crippen LogP contribution in [0.25, 0.3) is 0 Å². The maximum atomic E-state index is 12.8.